The van der Waals surface area contributed by atoms with Gasteiger partial charge in [0, 0.05) is 11.9 Å². The summed E-state index contributed by atoms with van der Waals surface area (Å²) in [6, 6.07) is 7.79. The molecule has 2 rings (SSSR count). The summed E-state index contributed by atoms with van der Waals surface area (Å²) in [6.45, 7) is 6.65. The topological polar surface area (TPSA) is 48.1 Å². The van der Waals surface area contributed by atoms with Crippen molar-refractivity contribution in [3.63, 3.8) is 0 Å². The Kier molecular flexibility index (Phi) is 3.51. The zero-order chi connectivity index (χ0) is 13.1. The van der Waals surface area contributed by atoms with Gasteiger partial charge in [-0.3, -0.25) is 4.98 Å². The molecule has 0 aliphatic rings. The summed E-state index contributed by atoms with van der Waals surface area (Å²) in [7, 11) is 0. The Morgan fingerprint density at radius 3 is 2.56 bits per heavy atom. The molecule has 0 saturated heterocycles. The van der Waals surface area contributed by atoms with E-state index in [1.165, 1.54) is 11.1 Å². The molecule has 1 heterocycles. The highest BCUT2D eigenvalue weighted by atomic mass is 16.5. The largest absolute Gasteiger partial charge is 0.487 e. The maximum Gasteiger partial charge on any atom is 0.130 e. The molecule has 2 aromatic rings. The number of aryl methyl sites for hydroxylation is 2. The Morgan fingerprint density at radius 2 is 1.83 bits per heavy atom. The van der Waals surface area contributed by atoms with Crippen molar-refractivity contribution in [1.29, 1.82) is 0 Å². The van der Waals surface area contributed by atoms with E-state index in [4.69, 9.17) is 10.5 Å². The lowest BCUT2D eigenvalue weighted by Crippen LogP contribution is -2.02. The average molecular weight is 242 g/mol. The van der Waals surface area contributed by atoms with Crippen molar-refractivity contribution in [1.82, 2.24) is 4.98 Å². The highest BCUT2D eigenvalue weighted by Gasteiger charge is 2.07. The fourth-order valence-electron chi connectivity index (χ4n) is 1.87. The smallest absolute Gasteiger partial charge is 0.130 e. The third kappa shape index (κ3) is 2.62. The highest BCUT2D eigenvalue weighted by molar-refractivity contribution is 5.44. The zero-order valence-corrected chi connectivity index (χ0v) is 11.0. The van der Waals surface area contributed by atoms with Crippen LogP contribution in [0.2, 0.25) is 0 Å². The normalized spacial score (nSPS) is 10.4. The number of nitrogens with zero attached hydrogens (tertiary/aromatic N) is 1. The van der Waals surface area contributed by atoms with Gasteiger partial charge in [0.25, 0.3) is 0 Å². The van der Waals surface area contributed by atoms with Crippen molar-refractivity contribution >= 4 is 5.69 Å². The van der Waals surface area contributed by atoms with Crippen LogP contribution in [0.25, 0.3) is 0 Å². The second kappa shape index (κ2) is 5.08. The van der Waals surface area contributed by atoms with Gasteiger partial charge in [-0.15, -0.1) is 0 Å². The minimum atomic E-state index is 0.441. The second-order valence-electron chi connectivity index (χ2n) is 4.52. The molecule has 0 saturated carbocycles. The summed E-state index contributed by atoms with van der Waals surface area (Å²) in [5.74, 6) is 0.944. The quantitative estimate of drug-likeness (QED) is 0.899. The summed E-state index contributed by atoms with van der Waals surface area (Å²) >= 11 is 0. The maximum absolute atomic E-state index is 5.87. The molecule has 0 unspecified atom stereocenters. The van der Waals surface area contributed by atoms with E-state index in [2.05, 4.69) is 37.9 Å². The Bertz CT molecular complexity index is 564. The van der Waals surface area contributed by atoms with E-state index in [-0.39, 0.29) is 0 Å². The number of nitrogens with two attached hydrogens (primary N) is 1. The molecule has 18 heavy (non-hydrogen) atoms. The molecule has 1 aromatic carbocycles. The lowest BCUT2D eigenvalue weighted by molar-refractivity contribution is 0.297. The number of rotatable bonds is 3. The van der Waals surface area contributed by atoms with Crippen LogP contribution in [0.3, 0.4) is 0 Å². The standard InChI is InChI=1S/C15H18N2O/c1-10-4-5-11(2)15(12(10)3)18-9-14-8-13(16)6-7-17-14/h4-8H,9H2,1-3H3,(H2,16,17). The van der Waals surface area contributed by atoms with Crippen molar-refractivity contribution in [3.05, 3.63) is 52.8 Å². The number of benzene rings is 1. The molecular formula is C15H18N2O. The van der Waals surface area contributed by atoms with Crippen molar-refractivity contribution in [2.24, 2.45) is 0 Å². The van der Waals surface area contributed by atoms with E-state index in [1.807, 2.05) is 6.07 Å². The Labute approximate surface area is 108 Å². The van der Waals surface area contributed by atoms with Crippen LogP contribution in [0.5, 0.6) is 5.75 Å². The number of hydrogen-bond acceptors (Lipinski definition) is 3. The molecule has 0 bridgehead atoms. The molecule has 0 aliphatic heterocycles. The summed E-state index contributed by atoms with van der Waals surface area (Å²) in [6.07, 6.45) is 1.70. The van der Waals surface area contributed by atoms with Crippen LogP contribution < -0.4 is 10.5 Å². The first-order chi connectivity index (χ1) is 8.58. The van der Waals surface area contributed by atoms with Crippen molar-refractivity contribution in [2.45, 2.75) is 27.4 Å². The van der Waals surface area contributed by atoms with Crippen molar-refractivity contribution in [3.8, 4) is 5.75 Å². The van der Waals surface area contributed by atoms with Gasteiger partial charge in [0.1, 0.15) is 12.4 Å². The molecule has 0 radical (unpaired) electrons. The Balaban J connectivity index is 2.18. The number of pyridine rings is 1. The van der Waals surface area contributed by atoms with Gasteiger partial charge in [-0.2, -0.15) is 0 Å². The van der Waals surface area contributed by atoms with Gasteiger partial charge in [-0.05, 0) is 49.6 Å². The van der Waals surface area contributed by atoms with Gasteiger partial charge in [0.2, 0.25) is 0 Å². The van der Waals surface area contributed by atoms with Gasteiger partial charge >= 0.3 is 0 Å². The maximum atomic E-state index is 5.87. The number of ether oxygens (including phenoxy) is 1. The predicted molar refractivity (Wildman–Crippen MR) is 73.6 cm³/mol. The Morgan fingerprint density at radius 1 is 1.11 bits per heavy atom. The second-order valence-corrected chi connectivity index (χ2v) is 4.52. The third-order valence-electron chi connectivity index (χ3n) is 3.08. The fourth-order valence-corrected chi connectivity index (χ4v) is 1.87. The van der Waals surface area contributed by atoms with Crippen LogP contribution in [-0.2, 0) is 6.61 Å². The minimum Gasteiger partial charge on any atom is -0.487 e. The molecule has 0 atom stereocenters. The lowest BCUT2D eigenvalue weighted by atomic mass is 10.1. The average Bonchev–Trinajstić information content (AvgIpc) is 2.34. The molecule has 94 valence electrons. The summed E-state index contributed by atoms with van der Waals surface area (Å²) in [5, 5.41) is 0. The van der Waals surface area contributed by atoms with Crippen LogP contribution in [-0.4, -0.2) is 4.98 Å². The minimum absolute atomic E-state index is 0.441. The molecule has 1 aromatic heterocycles. The van der Waals surface area contributed by atoms with E-state index in [0.717, 1.165) is 17.0 Å². The van der Waals surface area contributed by atoms with Gasteiger partial charge in [-0.25, -0.2) is 0 Å². The van der Waals surface area contributed by atoms with E-state index in [9.17, 15) is 0 Å². The fraction of sp³-hybridized carbons (Fsp3) is 0.267. The first-order valence-corrected chi connectivity index (χ1v) is 5.98. The molecule has 0 fully saturated rings. The third-order valence-corrected chi connectivity index (χ3v) is 3.08. The number of nitrogen functional groups attached to an aromatic ring is 1. The molecule has 3 nitrogen and oxygen atoms in total. The number of aromatic nitrogens is 1. The summed E-state index contributed by atoms with van der Waals surface area (Å²) < 4.78 is 5.87. The van der Waals surface area contributed by atoms with Crippen molar-refractivity contribution in [2.75, 3.05) is 5.73 Å². The molecular weight excluding hydrogens is 224 g/mol. The van der Waals surface area contributed by atoms with E-state index >= 15 is 0 Å². The van der Waals surface area contributed by atoms with Crippen LogP contribution in [0.4, 0.5) is 5.69 Å². The van der Waals surface area contributed by atoms with Crippen LogP contribution >= 0.6 is 0 Å². The summed E-state index contributed by atoms with van der Waals surface area (Å²) in [5.41, 5.74) is 10.8. The Hall–Kier alpha value is -2.03. The van der Waals surface area contributed by atoms with Crippen LogP contribution in [0, 0.1) is 20.8 Å². The zero-order valence-electron chi connectivity index (χ0n) is 11.0. The molecule has 2 N–H and O–H groups in total. The van der Waals surface area contributed by atoms with Gasteiger partial charge in [-0.1, -0.05) is 12.1 Å². The SMILES string of the molecule is Cc1ccc(C)c(OCc2cc(N)ccn2)c1C. The number of anilines is 1. The highest BCUT2D eigenvalue weighted by Crippen LogP contribution is 2.26. The molecule has 0 aliphatic carbocycles. The molecule has 0 amide bonds. The predicted octanol–water partition coefficient (Wildman–Crippen LogP) is 3.17. The lowest BCUT2D eigenvalue weighted by Gasteiger charge is -2.13. The first-order valence-electron chi connectivity index (χ1n) is 5.98. The monoisotopic (exact) mass is 242 g/mol. The van der Waals surface area contributed by atoms with Gasteiger partial charge in [0.15, 0.2) is 0 Å². The van der Waals surface area contributed by atoms with E-state index in [1.54, 1.807) is 12.3 Å². The van der Waals surface area contributed by atoms with Crippen LogP contribution in [0.1, 0.15) is 22.4 Å². The van der Waals surface area contributed by atoms with Gasteiger partial charge < -0.3 is 10.5 Å². The first kappa shape index (κ1) is 12.4. The summed E-state index contributed by atoms with van der Waals surface area (Å²) in [4.78, 5) is 4.23. The molecule has 3 heteroatoms. The van der Waals surface area contributed by atoms with E-state index in [0.29, 0.717) is 12.3 Å². The van der Waals surface area contributed by atoms with Crippen molar-refractivity contribution < 1.29 is 4.74 Å². The van der Waals surface area contributed by atoms with Crippen LogP contribution in [0.15, 0.2) is 30.5 Å². The number of hydrogen-bond donors (Lipinski definition) is 1. The molecule has 0 spiro atoms. The van der Waals surface area contributed by atoms with E-state index < -0.39 is 0 Å². The van der Waals surface area contributed by atoms with Gasteiger partial charge in [0.05, 0.1) is 5.69 Å².